The highest BCUT2D eigenvalue weighted by atomic mass is 127. The van der Waals surface area contributed by atoms with Gasteiger partial charge in [0.25, 0.3) is 0 Å². The molecule has 17 heavy (non-hydrogen) atoms. The van der Waals surface area contributed by atoms with Gasteiger partial charge in [-0.25, -0.2) is 0 Å². The number of aromatic nitrogens is 1. The summed E-state index contributed by atoms with van der Waals surface area (Å²) in [6.07, 6.45) is 1.29. The Balaban J connectivity index is 0.00000108. The van der Waals surface area contributed by atoms with Crippen molar-refractivity contribution in [1.29, 1.82) is 0 Å². The second kappa shape index (κ2) is 6.06. The van der Waals surface area contributed by atoms with Crippen LogP contribution in [-0.2, 0) is 0 Å². The molecule has 1 aromatic heterocycles. The van der Waals surface area contributed by atoms with E-state index >= 15 is 0 Å². The molecule has 0 N–H and O–H groups in total. The average molecular weight is 469 g/mol. The zero-order chi connectivity index (χ0) is 11.0. The van der Waals surface area contributed by atoms with Crippen LogP contribution in [0.15, 0.2) is 41.4 Å². The van der Waals surface area contributed by atoms with Crippen molar-refractivity contribution in [1.82, 2.24) is 0 Å². The maximum atomic E-state index is 2.52. The molecule has 0 fully saturated rings. The van der Waals surface area contributed by atoms with Crippen LogP contribution in [0.3, 0.4) is 0 Å². The van der Waals surface area contributed by atoms with Crippen molar-refractivity contribution in [2.45, 2.75) is 17.5 Å². The van der Waals surface area contributed by atoms with E-state index in [0.717, 1.165) is 0 Å². The van der Waals surface area contributed by atoms with E-state index in [9.17, 15) is 0 Å². The van der Waals surface area contributed by atoms with Crippen molar-refractivity contribution >= 4 is 45.3 Å². The standard InChI is InChI=1S/C13H13INS.HI/c14-9-11-7-8-16-13-6-5-10-3-1-2-4-12(10)15(11)13;/h1-6,11H,7-9H2;1H/q+1;/p-1. The van der Waals surface area contributed by atoms with Gasteiger partial charge in [0.15, 0.2) is 6.04 Å². The molecule has 90 valence electrons. The van der Waals surface area contributed by atoms with Gasteiger partial charge in [-0.05, 0) is 12.1 Å². The minimum atomic E-state index is 0. The van der Waals surface area contributed by atoms with E-state index in [1.807, 2.05) is 11.8 Å². The molecule has 0 aliphatic carbocycles. The first-order chi connectivity index (χ1) is 7.90. The highest BCUT2D eigenvalue weighted by molar-refractivity contribution is 14.1. The third kappa shape index (κ3) is 2.58. The number of thioether (sulfide) groups is 1. The van der Waals surface area contributed by atoms with Gasteiger partial charge in [0.05, 0.1) is 4.43 Å². The van der Waals surface area contributed by atoms with Gasteiger partial charge in [-0.1, -0.05) is 46.5 Å². The first-order valence-electron chi connectivity index (χ1n) is 5.52. The second-order valence-electron chi connectivity index (χ2n) is 4.05. The molecule has 1 unspecified atom stereocenters. The van der Waals surface area contributed by atoms with E-state index in [1.165, 1.54) is 32.5 Å². The maximum absolute atomic E-state index is 2.52. The molecule has 2 heterocycles. The van der Waals surface area contributed by atoms with Crippen LogP contribution in [0, 0.1) is 0 Å². The van der Waals surface area contributed by atoms with Gasteiger partial charge in [-0.15, -0.1) is 0 Å². The molecule has 1 aliphatic rings. The SMILES string of the molecule is ICC1CCSc2ccc3ccccc3[n+]21.[I-]. The first kappa shape index (κ1) is 13.9. The molecule has 0 saturated heterocycles. The van der Waals surface area contributed by atoms with Crippen LogP contribution in [0.4, 0.5) is 0 Å². The number of benzene rings is 1. The topological polar surface area (TPSA) is 3.88 Å². The normalized spacial score (nSPS) is 18.5. The monoisotopic (exact) mass is 469 g/mol. The first-order valence-corrected chi connectivity index (χ1v) is 8.03. The Labute approximate surface area is 137 Å². The lowest BCUT2D eigenvalue weighted by atomic mass is 10.1. The van der Waals surface area contributed by atoms with Gasteiger partial charge in [0.1, 0.15) is 0 Å². The van der Waals surface area contributed by atoms with Crippen LogP contribution in [0.1, 0.15) is 12.5 Å². The van der Waals surface area contributed by atoms with Crippen molar-refractivity contribution in [3.8, 4) is 0 Å². The number of hydrogen-bond donors (Lipinski definition) is 0. The molecule has 0 bridgehead atoms. The van der Waals surface area contributed by atoms with E-state index in [-0.39, 0.29) is 24.0 Å². The summed E-state index contributed by atoms with van der Waals surface area (Å²) in [6.45, 7) is 0. The number of para-hydroxylation sites is 1. The number of pyridine rings is 1. The second-order valence-corrected chi connectivity index (χ2v) is 6.04. The number of rotatable bonds is 1. The summed E-state index contributed by atoms with van der Waals surface area (Å²) in [5, 5.41) is 2.77. The molecule has 1 aromatic carbocycles. The Morgan fingerprint density at radius 3 is 2.88 bits per heavy atom. The quantitative estimate of drug-likeness (QED) is 0.337. The molecule has 2 aromatic rings. The fraction of sp³-hybridized carbons (Fsp3) is 0.308. The maximum Gasteiger partial charge on any atom is 0.240 e. The van der Waals surface area contributed by atoms with Crippen molar-refractivity contribution < 1.29 is 28.5 Å². The Bertz CT molecular complexity index is 530. The molecule has 0 spiro atoms. The predicted octanol–water partition coefficient (Wildman–Crippen LogP) is 0.603. The number of nitrogens with zero attached hydrogens (tertiary/aromatic N) is 1. The van der Waals surface area contributed by atoms with E-state index < -0.39 is 0 Å². The number of halogens is 2. The van der Waals surface area contributed by atoms with Crippen LogP contribution >= 0.6 is 34.4 Å². The smallest absolute Gasteiger partial charge is 0.240 e. The molecule has 0 saturated carbocycles. The third-order valence-corrected chi connectivity index (χ3v) is 5.17. The number of hydrogen-bond acceptors (Lipinski definition) is 1. The van der Waals surface area contributed by atoms with Crippen LogP contribution in [0.2, 0.25) is 0 Å². The molecule has 1 nitrogen and oxygen atoms in total. The molecular formula is C13H13I2NS. The Morgan fingerprint density at radius 1 is 1.24 bits per heavy atom. The molecule has 1 aliphatic heterocycles. The Morgan fingerprint density at radius 2 is 2.06 bits per heavy atom. The summed E-state index contributed by atoms with van der Waals surface area (Å²) < 4.78 is 3.72. The largest absolute Gasteiger partial charge is 1.00 e. The summed E-state index contributed by atoms with van der Waals surface area (Å²) in [7, 11) is 0. The number of fused-ring (bicyclic) bond motifs is 3. The fourth-order valence-electron chi connectivity index (χ4n) is 2.28. The van der Waals surface area contributed by atoms with E-state index in [4.69, 9.17) is 0 Å². The molecular weight excluding hydrogens is 456 g/mol. The van der Waals surface area contributed by atoms with Crippen LogP contribution in [-0.4, -0.2) is 10.2 Å². The minimum absolute atomic E-state index is 0. The zero-order valence-electron chi connectivity index (χ0n) is 9.27. The molecule has 0 amide bonds. The summed E-state index contributed by atoms with van der Waals surface area (Å²) in [4.78, 5) is 0. The van der Waals surface area contributed by atoms with Gasteiger partial charge in [-0.2, -0.15) is 4.57 Å². The molecule has 3 rings (SSSR count). The summed E-state index contributed by atoms with van der Waals surface area (Å²) in [5.41, 5.74) is 1.38. The lowest BCUT2D eigenvalue weighted by molar-refractivity contribution is -0.730. The van der Waals surface area contributed by atoms with Crippen molar-refractivity contribution in [2.75, 3.05) is 10.2 Å². The lowest BCUT2D eigenvalue weighted by Gasteiger charge is -2.18. The van der Waals surface area contributed by atoms with E-state index in [2.05, 4.69) is 63.6 Å². The predicted molar refractivity (Wildman–Crippen MR) is 77.4 cm³/mol. The van der Waals surface area contributed by atoms with Gasteiger partial charge < -0.3 is 24.0 Å². The highest BCUT2D eigenvalue weighted by Crippen LogP contribution is 2.28. The Kier molecular flexibility index (Phi) is 4.94. The molecule has 1 atom stereocenters. The van der Waals surface area contributed by atoms with Crippen molar-refractivity contribution in [3.05, 3.63) is 36.4 Å². The van der Waals surface area contributed by atoms with Crippen LogP contribution in [0.5, 0.6) is 0 Å². The van der Waals surface area contributed by atoms with Gasteiger partial charge in [0.2, 0.25) is 10.5 Å². The highest BCUT2D eigenvalue weighted by Gasteiger charge is 2.29. The molecule has 4 heteroatoms. The summed E-state index contributed by atoms with van der Waals surface area (Å²) in [6, 6.07) is 13.9. The third-order valence-electron chi connectivity index (χ3n) is 3.08. The fourth-order valence-corrected chi connectivity index (χ4v) is 4.26. The van der Waals surface area contributed by atoms with Crippen molar-refractivity contribution in [3.63, 3.8) is 0 Å². The summed E-state index contributed by atoms with van der Waals surface area (Å²) in [5.74, 6) is 1.26. The summed E-state index contributed by atoms with van der Waals surface area (Å²) >= 11 is 4.49. The van der Waals surface area contributed by atoms with E-state index in [0.29, 0.717) is 6.04 Å². The van der Waals surface area contributed by atoms with Crippen LogP contribution < -0.4 is 28.5 Å². The Hall–Kier alpha value is 0.440. The average Bonchev–Trinajstić information content (AvgIpc) is 2.37. The lowest BCUT2D eigenvalue weighted by Crippen LogP contribution is -3.00. The van der Waals surface area contributed by atoms with E-state index in [1.54, 1.807) is 0 Å². The number of alkyl halides is 1. The van der Waals surface area contributed by atoms with Gasteiger partial charge in [-0.3, -0.25) is 0 Å². The van der Waals surface area contributed by atoms with Gasteiger partial charge >= 0.3 is 0 Å². The van der Waals surface area contributed by atoms with Crippen LogP contribution in [0.25, 0.3) is 10.9 Å². The minimum Gasteiger partial charge on any atom is -1.00 e. The molecule has 0 radical (unpaired) electrons. The zero-order valence-corrected chi connectivity index (χ0v) is 14.4. The van der Waals surface area contributed by atoms with Crippen molar-refractivity contribution in [2.24, 2.45) is 0 Å². The van der Waals surface area contributed by atoms with Gasteiger partial charge in [0, 0.05) is 29.7 Å².